The maximum atomic E-state index is 12.5. The number of para-hydroxylation sites is 1. The van der Waals surface area contributed by atoms with Gasteiger partial charge in [0.2, 0.25) is 0 Å². The van der Waals surface area contributed by atoms with E-state index in [9.17, 15) is 14.9 Å². The SMILES string of the molecule is CC(=O)c1ccc(-n2c(C)cc(/C=C(\C#N)C(=O)Nc3ccccc3)c2C)cc1. The maximum absolute atomic E-state index is 12.5. The van der Waals surface area contributed by atoms with Crippen molar-refractivity contribution in [2.24, 2.45) is 0 Å². The van der Waals surface area contributed by atoms with Crippen molar-refractivity contribution >= 4 is 23.5 Å². The number of amides is 1. The summed E-state index contributed by atoms with van der Waals surface area (Å²) in [4.78, 5) is 24.0. The molecule has 0 atom stereocenters. The molecule has 0 bridgehead atoms. The Kier molecular flexibility index (Phi) is 5.75. The lowest BCUT2D eigenvalue weighted by atomic mass is 10.1. The van der Waals surface area contributed by atoms with E-state index in [2.05, 4.69) is 5.32 Å². The first-order chi connectivity index (χ1) is 13.9. The van der Waals surface area contributed by atoms with E-state index >= 15 is 0 Å². The third kappa shape index (κ3) is 4.33. The van der Waals surface area contributed by atoms with Crippen molar-refractivity contribution in [2.75, 3.05) is 5.32 Å². The Labute approximate surface area is 169 Å². The van der Waals surface area contributed by atoms with Crippen LogP contribution in [0.1, 0.15) is 34.2 Å². The zero-order chi connectivity index (χ0) is 21.0. The van der Waals surface area contributed by atoms with Gasteiger partial charge in [0, 0.05) is 28.3 Å². The van der Waals surface area contributed by atoms with Crippen LogP contribution in [0.2, 0.25) is 0 Å². The third-order valence-corrected chi connectivity index (χ3v) is 4.70. The van der Waals surface area contributed by atoms with Crippen molar-refractivity contribution in [1.82, 2.24) is 4.57 Å². The van der Waals surface area contributed by atoms with Crippen molar-refractivity contribution in [3.63, 3.8) is 0 Å². The number of nitrogens with one attached hydrogen (secondary N) is 1. The van der Waals surface area contributed by atoms with E-state index in [1.807, 2.05) is 60.9 Å². The molecule has 0 aliphatic rings. The first-order valence-electron chi connectivity index (χ1n) is 9.19. The lowest BCUT2D eigenvalue weighted by Gasteiger charge is -2.10. The molecule has 5 nitrogen and oxygen atoms in total. The van der Waals surface area contributed by atoms with E-state index in [4.69, 9.17) is 0 Å². The van der Waals surface area contributed by atoms with E-state index in [-0.39, 0.29) is 11.4 Å². The summed E-state index contributed by atoms with van der Waals surface area (Å²) in [5, 5.41) is 12.2. The van der Waals surface area contributed by atoms with Crippen LogP contribution in [0.15, 0.2) is 66.2 Å². The van der Waals surface area contributed by atoms with E-state index in [1.54, 1.807) is 30.3 Å². The summed E-state index contributed by atoms with van der Waals surface area (Å²) in [6.45, 7) is 5.43. The molecule has 1 amide bonds. The largest absolute Gasteiger partial charge is 0.321 e. The standard InChI is InChI=1S/C24H21N3O2/c1-16-13-20(14-21(15-25)24(29)26-22-7-5-4-6-8-22)17(2)27(16)23-11-9-19(10-12-23)18(3)28/h4-14H,1-3H3,(H,26,29)/b21-14+. The Morgan fingerprint density at radius 2 is 1.69 bits per heavy atom. The minimum Gasteiger partial charge on any atom is -0.321 e. The Morgan fingerprint density at radius 1 is 1.03 bits per heavy atom. The van der Waals surface area contributed by atoms with Crippen LogP contribution < -0.4 is 5.32 Å². The molecule has 144 valence electrons. The Hall–Kier alpha value is -3.91. The zero-order valence-electron chi connectivity index (χ0n) is 16.6. The van der Waals surface area contributed by atoms with Crippen molar-refractivity contribution in [3.8, 4) is 11.8 Å². The molecule has 1 heterocycles. The van der Waals surface area contributed by atoms with Crippen molar-refractivity contribution in [1.29, 1.82) is 5.26 Å². The second-order valence-corrected chi connectivity index (χ2v) is 6.75. The number of Topliss-reactive ketones (excluding diaryl/α,β-unsaturated/α-hetero) is 1. The number of aryl methyl sites for hydroxylation is 1. The lowest BCUT2D eigenvalue weighted by molar-refractivity contribution is -0.112. The number of anilines is 1. The van der Waals surface area contributed by atoms with Gasteiger partial charge in [-0.2, -0.15) is 5.26 Å². The van der Waals surface area contributed by atoms with Gasteiger partial charge in [-0.3, -0.25) is 9.59 Å². The first kappa shape index (κ1) is 19.8. The van der Waals surface area contributed by atoms with Gasteiger partial charge in [0.25, 0.3) is 5.91 Å². The highest BCUT2D eigenvalue weighted by atomic mass is 16.1. The summed E-state index contributed by atoms with van der Waals surface area (Å²) in [7, 11) is 0. The van der Waals surface area contributed by atoms with Gasteiger partial charge in [0.15, 0.2) is 5.78 Å². The predicted molar refractivity (Wildman–Crippen MR) is 114 cm³/mol. The highest BCUT2D eigenvalue weighted by Gasteiger charge is 2.14. The molecule has 0 unspecified atom stereocenters. The van der Waals surface area contributed by atoms with Crippen LogP contribution in [0.4, 0.5) is 5.69 Å². The molecule has 3 aromatic rings. The number of hydrogen-bond donors (Lipinski definition) is 1. The molecule has 1 aromatic heterocycles. The maximum Gasteiger partial charge on any atom is 0.266 e. The van der Waals surface area contributed by atoms with Crippen LogP contribution in [-0.4, -0.2) is 16.3 Å². The fraction of sp³-hybridized carbons (Fsp3) is 0.125. The zero-order valence-corrected chi connectivity index (χ0v) is 16.6. The van der Waals surface area contributed by atoms with Crippen LogP contribution in [0, 0.1) is 25.2 Å². The van der Waals surface area contributed by atoms with Gasteiger partial charge in [-0.05, 0) is 74.9 Å². The minimum absolute atomic E-state index is 0.0178. The quantitative estimate of drug-likeness (QED) is 0.389. The molecule has 0 saturated heterocycles. The molecule has 29 heavy (non-hydrogen) atoms. The number of benzene rings is 2. The van der Waals surface area contributed by atoms with Crippen LogP contribution in [-0.2, 0) is 4.79 Å². The molecule has 5 heteroatoms. The third-order valence-electron chi connectivity index (χ3n) is 4.70. The van der Waals surface area contributed by atoms with Gasteiger partial charge in [0.1, 0.15) is 11.6 Å². The van der Waals surface area contributed by atoms with Gasteiger partial charge in [-0.1, -0.05) is 18.2 Å². The number of rotatable bonds is 5. The van der Waals surface area contributed by atoms with Crippen molar-refractivity contribution < 1.29 is 9.59 Å². The van der Waals surface area contributed by atoms with Crippen LogP contribution >= 0.6 is 0 Å². The van der Waals surface area contributed by atoms with E-state index in [1.165, 1.54) is 6.92 Å². The summed E-state index contributed by atoms with van der Waals surface area (Å²) in [6, 6.07) is 20.3. The topological polar surface area (TPSA) is 74.9 Å². The normalized spacial score (nSPS) is 11.0. The van der Waals surface area contributed by atoms with Gasteiger partial charge < -0.3 is 9.88 Å². The molecule has 2 aromatic carbocycles. The van der Waals surface area contributed by atoms with Crippen molar-refractivity contribution in [2.45, 2.75) is 20.8 Å². The monoisotopic (exact) mass is 383 g/mol. The predicted octanol–water partition coefficient (Wildman–Crippen LogP) is 4.84. The molecular weight excluding hydrogens is 362 g/mol. The Bertz CT molecular complexity index is 1130. The van der Waals surface area contributed by atoms with Gasteiger partial charge in [-0.25, -0.2) is 0 Å². The molecule has 1 N–H and O–H groups in total. The lowest BCUT2D eigenvalue weighted by Crippen LogP contribution is -2.13. The highest BCUT2D eigenvalue weighted by Crippen LogP contribution is 2.23. The minimum atomic E-state index is -0.450. The summed E-state index contributed by atoms with van der Waals surface area (Å²) in [5.41, 5.74) is 4.88. The number of carbonyl (C=O) groups is 2. The number of hydrogen-bond acceptors (Lipinski definition) is 3. The number of nitriles is 1. The summed E-state index contributed by atoms with van der Waals surface area (Å²) in [6.07, 6.45) is 1.60. The molecule has 0 saturated carbocycles. The Morgan fingerprint density at radius 3 is 2.28 bits per heavy atom. The average Bonchev–Trinajstić information content (AvgIpc) is 2.99. The van der Waals surface area contributed by atoms with Gasteiger partial charge >= 0.3 is 0 Å². The average molecular weight is 383 g/mol. The number of ketones is 1. The molecule has 0 aliphatic carbocycles. The molecule has 0 spiro atoms. The number of aromatic nitrogens is 1. The second-order valence-electron chi connectivity index (χ2n) is 6.75. The van der Waals surface area contributed by atoms with Crippen LogP contribution in [0.25, 0.3) is 11.8 Å². The molecule has 0 aliphatic heterocycles. The number of carbonyl (C=O) groups excluding carboxylic acids is 2. The van der Waals surface area contributed by atoms with E-state index in [0.717, 1.165) is 22.6 Å². The van der Waals surface area contributed by atoms with Gasteiger partial charge in [-0.15, -0.1) is 0 Å². The fourth-order valence-electron chi connectivity index (χ4n) is 3.20. The molecule has 3 rings (SSSR count). The number of nitrogens with zero attached hydrogens (tertiary/aromatic N) is 2. The summed E-state index contributed by atoms with van der Waals surface area (Å²) < 4.78 is 2.03. The van der Waals surface area contributed by atoms with E-state index < -0.39 is 5.91 Å². The van der Waals surface area contributed by atoms with Crippen LogP contribution in [0.5, 0.6) is 0 Å². The first-order valence-corrected chi connectivity index (χ1v) is 9.19. The molecule has 0 radical (unpaired) electrons. The van der Waals surface area contributed by atoms with Crippen LogP contribution in [0.3, 0.4) is 0 Å². The Balaban J connectivity index is 1.93. The summed E-state index contributed by atoms with van der Waals surface area (Å²) in [5.74, 6) is -0.432. The second kappa shape index (κ2) is 8.41. The molecular formula is C24H21N3O2. The summed E-state index contributed by atoms with van der Waals surface area (Å²) >= 11 is 0. The smallest absolute Gasteiger partial charge is 0.266 e. The van der Waals surface area contributed by atoms with Crippen molar-refractivity contribution in [3.05, 3.63) is 88.8 Å². The van der Waals surface area contributed by atoms with Gasteiger partial charge in [0.05, 0.1) is 0 Å². The fourth-order valence-corrected chi connectivity index (χ4v) is 3.20. The highest BCUT2D eigenvalue weighted by molar-refractivity contribution is 6.09. The van der Waals surface area contributed by atoms with E-state index in [0.29, 0.717) is 11.3 Å². The molecule has 0 fully saturated rings.